The van der Waals surface area contributed by atoms with E-state index in [0.29, 0.717) is 11.1 Å². The van der Waals surface area contributed by atoms with E-state index in [1.165, 1.54) is 18.7 Å². The van der Waals surface area contributed by atoms with Gasteiger partial charge in [0.2, 0.25) is 35.4 Å². The van der Waals surface area contributed by atoms with Crippen LogP contribution in [-0.2, 0) is 60.8 Å². The number of hydrogen-bond acceptors (Lipinski definition) is 13. The highest BCUT2D eigenvalue weighted by atomic mass is 32.2. The van der Waals surface area contributed by atoms with Crippen LogP contribution < -0.4 is 37.6 Å². The van der Waals surface area contributed by atoms with Crippen molar-refractivity contribution >= 4 is 71.0 Å². The molecule has 0 unspecified atom stereocenters. The lowest BCUT2D eigenvalue weighted by atomic mass is 9.97. The van der Waals surface area contributed by atoms with Gasteiger partial charge in [0.1, 0.15) is 36.3 Å². The van der Waals surface area contributed by atoms with E-state index in [0.717, 1.165) is 4.90 Å². The molecule has 9 atom stereocenters. The maximum absolute atomic E-state index is 14.2. The summed E-state index contributed by atoms with van der Waals surface area (Å²) in [6.45, 7) is 8.19. The summed E-state index contributed by atoms with van der Waals surface area (Å²) >= 11 is 1.17. The maximum atomic E-state index is 14.2. The number of hydrogen-bond donors (Lipinski definition) is 11. The number of rotatable bonds is 28. The number of carbonyl (C=O) groups is 10. The molecule has 1 fully saturated rings. The molecule has 2 aromatic rings. The molecular formula is C47H66N8O14S. The monoisotopic (exact) mass is 998 g/mol. The van der Waals surface area contributed by atoms with Crippen molar-refractivity contribution in [3.63, 3.8) is 0 Å². The van der Waals surface area contributed by atoms with E-state index < -0.39 is 132 Å². The molecule has 2 aromatic carbocycles. The molecule has 23 heteroatoms. The van der Waals surface area contributed by atoms with E-state index in [4.69, 9.17) is 10.8 Å². The summed E-state index contributed by atoms with van der Waals surface area (Å²) in [5.74, 6) is -10.4. The summed E-state index contributed by atoms with van der Waals surface area (Å²) < 4.78 is 0. The van der Waals surface area contributed by atoms with E-state index in [-0.39, 0.29) is 49.7 Å². The number of carboxylic acids is 3. The number of nitrogens with one attached hydrogen (secondary N) is 6. The SMILES string of the molecule is CC(C)C[C@H](NC(=O)[C@@H](NC(=O)[C@@H](N)CCC(=O)O)C(C)C)C(=O)N[C@@H](Cc1ccccc1)[C@@H](O)C(=O)N1CSC[C@H]1C(=O)N[C@@H](C)C(=O)N[C@@H](CCC(=O)O)C(=O)N[C@@H](Cc1ccccc1)C(=O)O. The third kappa shape index (κ3) is 18.7. The number of amides is 7. The van der Waals surface area contributed by atoms with Crippen LogP contribution in [0.1, 0.15) is 77.8 Å². The zero-order valence-electron chi connectivity index (χ0n) is 39.8. The van der Waals surface area contributed by atoms with Crippen LogP contribution in [0.4, 0.5) is 0 Å². The third-order valence-electron chi connectivity index (χ3n) is 11.3. The summed E-state index contributed by atoms with van der Waals surface area (Å²) in [4.78, 5) is 131. The number of carboxylic acid groups (broad SMARTS) is 3. The standard InChI is InChI=1S/C47H66N8O14S/c1-25(2)20-33(52-45(66)38(26(3)4)54-41(62)30(48)16-18-36(56)57)43(64)51-32(21-28-12-8-6-9-13-28)39(60)46(67)55-24-70-23-35(55)44(65)49-27(5)40(61)50-31(17-19-37(58)59)42(63)53-34(47(68)69)22-29-14-10-7-11-15-29/h6-15,25-27,30-35,38-39,60H,16-24,48H2,1-5H3,(H,49,65)(H,50,61)(H,51,64)(H,52,66)(H,53,63)(H,54,62)(H,56,57)(H,58,59)(H,68,69)/t27-,30-,31-,32-,33-,34-,35-,38-,39+/m0/s1. The van der Waals surface area contributed by atoms with Crippen molar-refractivity contribution in [2.75, 3.05) is 11.6 Å². The number of benzene rings is 2. The van der Waals surface area contributed by atoms with Gasteiger partial charge >= 0.3 is 17.9 Å². The van der Waals surface area contributed by atoms with Crippen LogP contribution in [-0.4, -0.2) is 151 Å². The first kappa shape index (κ1) is 57.7. The molecule has 0 aliphatic carbocycles. The summed E-state index contributed by atoms with van der Waals surface area (Å²) in [6, 6.07) is 6.53. The van der Waals surface area contributed by atoms with E-state index in [1.807, 2.05) is 0 Å². The molecule has 0 radical (unpaired) electrons. The highest BCUT2D eigenvalue weighted by molar-refractivity contribution is 7.99. The van der Waals surface area contributed by atoms with E-state index in [2.05, 4.69) is 31.9 Å². The second-order valence-corrected chi connectivity index (χ2v) is 18.8. The fourth-order valence-corrected chi connectivity index (χ4v) is 8.48. The Kier molecular flexibility index (Phi) is 23.2. The van der Waals surface area contributed by atoms with Crippen LogP contribution >= 0.6 is 11.8 Å². The highest BCUT2D eigenvalue weighted by Crippen LogP contribution is 2.24. The van der Waals surface area contributed by atoms with Crippen LogP contribution in [0.25, 0.3) is 0 Å². The second kappa shape index (κ2) is 28.2. The predicted molar refractivity (Wildman–Crippen MR) is 255 cm³/mol. The van der Waals surface area contributed by atoms with Crippen LogP contribution in [0, 0.1) is 11.8 Å². The Hall–Kier alpha value is -6.59. The second-order valence-electron chi connectivity index (χ2n) is 17.8. The zero-order valence-corrected chi connectivity index (χ0v) is 40.6. The Labute approximate surface area is 410 Å². The lowest BCUT2D eigenvalue weighted by Crippen LogP contribution is -2.61. The minimum Gasteiger partial charge on any atom is -0.481 e. The van der Waals surface area contributed by atoms with Crippen molar-refractivity contribution in [3.05, 3.63) is 71.8 Å². The van der Waals surface area contributed by atoms with Crippen molar-refractivity contribution in [2.24, 2.45) is 17.6 Å². The Bertz CT molecular complexity index is 2150. The van der Waals surface area contributed by atoms with Gasteiger partial charge < -0.3 is 63.0 Å². The van der Waals surface area contributed by atoms with Crippen molar-refractivity contribution < 1.29 is 68.4 Å². The topological polar surface area (TPSA) is 353 Å². The number of thioether (sulfide) groups is 1. The lowest BCUT2D eigenvalue weighted by Gasteiger charge is -2.32. The first-order valence-corrected chi connectivity index (χ1v) is 24.0. The Morgan fingerprint density at radius 3 is 1.71 bits per heavy atom. The molecule has 0 bridgehead atoms. The van der Waals surface area contributed by atoms with Crippen molar-refractivity contribution in [2.45, 2.75) is 134 Å². The van der Waals surface area contributed by atoms with Crippen molar-refractivity contribution in [3.8, 4) is 0 Å². The van der Waals surface area contributed by atoms with Crippen LogP contribution in [0.15, 0.2) is 60.7 Å². The van der Waals surface area contributed by atoms with Crippen LogP contribution in [0.2, 0.25) is 0 Å². The van der Waals surface area contributed by atoms with Crippen molar-refractivity contribution in [1.29, 1.82) is 0 Å². The molecule has 3 rings (SSSR count). The number of aliphatic hydroxyl groups excluding tert-OH is 1. The fraction of sp³-hybridized carbons (Fsp3) is 0.532. The van der Waals surface area contributed by atoms with Gasteiger partial charge in [-0.2, -0.15) is 0 Å². The molecule has 0 aromatic heterocycles. The number of nitrogens with two attached hydrogens (primary N) is 1. The molecule has 1 aliphatic rings. The maximum Gasteiger partial charge on any atom is 0.326 e. The predicted octanol–water partition coefficient (Wildman–Crippen LogP) is -0.493. The third-order valence-corrected chi connectivity index (χ3v) is 12.3. The summed E-state index contributed by atoms with van der Waals surface area (Å²) in [5, 5.41) is 55.1. The first-order chi connectivity index (χ1) is 33.0. The molecular weight excluding hydrogens is 933 g/mol. The quantitative estimate of drug-likeness (QED) is 0.0512. The molecule has 1 saturated heterocycles. The van der Waals surface area contributed by atoms with Gasteiger partial charge in [0.15, 0.2) is 6.10 Å². The van der Waals surface area contributed by atoms with Gasteiger partial charge in [-0.1, -0.05) is 88.4 Å². The van der Waals surface area contributed by atoms with E-state index in [1.54, 1.807) is 88.4 Å². The Balaban J connectivity index is 1.78. The van der Waals surface area contributed by atoms with Gasteiger partial charge in [0.05, 0.1) is 18.0 Å². The minimum atomic E-state index is -1.95. The van der Waals surface area contributed by atoms with Gasteiger partial charge in [0, 0.05) is 25.0 Å². The Morgan fingerprint density at radius 1 is 0.643 bits per heavy atom. The van der Waals surface area contributed by atoms with Gasteiger partial charge in [-0.25, -0.2) is 4.79 Å². The Morgan fingerprint density at radius 2 is 1.17 bits per heavy atom. The average molecular weight is 999 g/mol. The molecule has 22 nitrogen and oxygen atoms in total. The molecule has 1 heterocycles. The first-order valence-electron chi connectivity index (χ1n) is 22.9. The molecule has 70 heavy (non-hydrogen) atoms. The molecule has 12 N–H and O–H groups in total. The highest BCUT2D eigenvalue weighted by Gasteiger charge is 2.42. The van der Waals surface area contributed by atoms with Crippen molar-refractivity contribution in [1.82, 2.24) is 36.8 Å². The van der Waals surface area contributed by atoms with Crippen LogP contribution in [0.5, 0.6) is 0 Å². The number of aliphatic carboxylic acids is 3. The summed E-state index contributed by atoms with van der Waals surface area (Å²) in [6.07, 6.45) is -3.58. The molecule has 7 amide bonds. The smallest absolute Gasteiger partial charge is 0.326 e. The summed E-state index contributed by atoms with van der Waals surface area (Å²) in [7, 11) is 0. The lowest BCUT2D eigenvalue weighted by molar-refractivity contribution is -0.147. The molecule has 0 spiro atoms. The zero-order chi connectivity index (χ0) is 52.2. The largest absolute Gasteiger partial charge is 0.481 e. The summed E-state index contributed by atoms with van der Waals surface area (Å²) in [5.41, 5.74) is 7.08. The number of carbonyl (C=O) groups excluding carboxylic acids is 7. The van der Waals surface area contributed by atoms with E-state index in [9.17, 15) is 63.3 Å². The fourth-order valence-electron chi connectivity index (χ4n) is 7.31. The molecule has 0 saturated carbocycles. The number of aliphatic hydroxyl groups is 1. The van der Waals surface area contributed by atoms with E-state index >= 15 is 0 Å². The van der Waals surface area contributed by atoms with Gasteiger partial charge in [-0.15, -0.1) is 11.8 Å². The normalized spacial score (nSPS) is 16.8. The number of nitrogens with zero attached hydrogens (tertiary/aromatic N) is 1. The molecule has 384 valence electrons. The average Bonchev–Trinajstić information content (AvgIpc) is 3.80. The molecule has 1 aliphatic heterocycles. The minimum absolute atomic E-state index is 0.0382. The van der Waals surface area contributed by atoms with Gasteiger partial charge in [0.25, 0.3) is 5.91 Å². The van der Waals surface area contributed by atoms with Gasteiger partial charge in [-0.3, -0.25) is 43.2 Å². The van der Waals surface area contributed by atoms with Crippen LogP contribution in [0.3, 0.4) is 0 Å². The van der Waals surface area contributed by atoms with Gasteiger partial charge in [-0.05, 0) is 55.6 Å².